The number of alkyl halides is 3. The second-order valence-corrected chi connectivity index (χ2v) is 15.2. The van der Waals surface area contributed by atoms with Gasteiger partial charge in [-0.15, -0.1) is 10.2 Å². The van der Waals surface area contributed by atoms with Crippen molar-refractivity contribution in [2.45, 2.75) is 76.6 Å². The molecular weight excluding hydrogens is 665 g/mol. The predicted octanol–water partition coefficient (Wildman–Crippen LogP) is 4.93. The number of aryl methyl sites for hydroxylation is 3. The molecule has 0 saturated carbocycles. The van der Waals surface area contributed by atoms with E-state index in [0.29, 0.717) is 59.6 Å². The van der Waals surface area contributed by atoms with Crippen LogP contribution in [-0.2, 0) is 37.0 Å². The number of sulfonamides is 1. The molecule has 6 rings (SSSR count). The fourth-order valence-electron chi connectivity index (χ4n) is 6.79. The second kappa shape index (κ2) is 12.3. The number of carbonyl (C=O) groups is 1. The molecule has 2 aliphatic rings. The van der Waals surface area contributed by atoms with Crippen molar-refractivity contribution < 1.29 is 40.6 Å². The van der Waals surface area contributed by atoms with E-state index < -0.39 is 44.9 Å². The number of rotatable bonds is 6. The molecule has 49 heavy (non-hydrogen) atoms. The van der Waals surface area contributed by atoms with Crippen molar-refractivity contribution in [3.8, 4) is 5.88 Å². The van der Waals surface area contributed by atoms with Gasteiger partial charge in [-0.05, 0) is 74.6 Å². The third-order valence-corrected chi connectivity index (χ3v) is 11.3. The molecule has 0 aliphatic carbocycles. The van der Waals surface area contributed by atoms with Gasteiger partial charge in [-0.3, -0.25) is 14.2 Å². The predicted molar refractivity (Wildman–Crippen MR) is 169 cm³/mol. The summed E-state index contributed by atoms with van der Waals surface area (Å²) >= 11 is 0. The summed E-state index contributed by atoms with van der Waals surface area (Å²) in [7, 11) is -2.85. The Morgan fingerprint density at radius 3 is 2.47 bits per heavy atom. The quantitative estimate of drug-likeness (QED) is 0.255. The minimum atomic E-state index is -4.73. The molecule has 1 spiro atoms. The summed E-state index contributed by atoms with van der Waals surface area (Å²) in [5.41, 5.74) is 1.06. The van der Waals surface area contributed by atoms with E-state index in [1.54, 1.807) is 59.1 Å². The van der Waals surface area contributed by atoms with Crippen molar-refractivity contribution in [3.63, 3.8) is 0 Å². The third kappa shape index (κ3) is 6.14. The van der Waals surface area contributed by atoms with E-state index >= 15 is 0 Å². The summed E-state index contributed by atoms with van der Waals surface area (Å²) in [4.78, 5) is 22.3. The van der Waals surface area contributed by atoms with E-state index in [1.807, 2.05) is 0 Å². The van der Waals surface area contributed by atoms with Gasteiger partial charge in [0, 0.05) is 49.6 Å². The van der Waals surface area contributed by atoms with E-state index in [0.717, 1.165) is 4.40 Å². The average molecular weight is 703 g/mol. The zero-order valence-electron chi connectivity index (χ0n) is 28.0. The van der Waals surface area contributed by atoms with E-state index in [2.05, 4.69) is 20.2 Å². The molecule has 4 aromatic rings. The molecule has 4 aromatic heterocycles. The smallest absolute Gasteiger partial charge is 0.452 e. The Morgan fingerprint density at radius 1 is 1.08 bits per heavy atom. The van der Waals surface area contributed by atoms with Crippen molar-refractivity contribution in [1.29, 1.82) is 0 Å². The van der Waals surface area contributed by atoms with Gasteiger partial charge in [0.05, 0.1) is 32.3 Å². The molecule has 16 heteroatoms. The first-order chi connectivity index (χ1) is 23.0. The molecule has 0 aromatic carbocycles. The standard InChI is InChI=1S/C33H37F3N6O6S/c1-19-13-25-28(38-15-19)48-32(8-11-47-12-9-32)18-41(49(25,44)45)17-23-14-22(16-37-21(23)3)26(31(4,5)30(43)46-6)24-7-10-42-27(20(24)2)39-40-29(42)33(34,35)36/h7,10,13-16,26H,8-9,11-12,17-18H2,1-6H3. The number of ether oxygens (including phenoxy) is 3. The topological polar surface area (TPSA) is 138 Å². The van der Waals surface area contributed by atoms with E-state index in [-0.39, 0.29) is 29.5 Å². The molecule has 262 valence electrons. The Hall–Kier alpha value is -4.15. The number of hydrogen-bond donors (Lipinski definition) is 0. The number of esters is 1. The van der Waals surface area contributed by atoms with Gasteiger partial charge in [0.15, 0.2) is 5.65 Å². The SMILES string of the molecule is COC(=O)C(C)(C)C(c1cnc(C)c(CN2CC3(CCOCC3)Oc3ncc(C)cc3S2(=O)=O)c1)c1ccn2c(C(F)(F)F)nnc2c1C. The van der Waals surface area contributed by atoms with E-state index in [9.17, 15) is 26.4 Å². The number of methoxy groups -OCH3 is 1. The molecule has 1 unspecified atom stereocenters. The molecule has 2 aliphatic heterocycles. The van der Waals surface area contributed by atoms with E-state index in [4.69, 9.17) is 14.2 Å². The molecule has 0 radical (unpaired) electrons. The molecule has 1 atom stereocenters. The molecule has 6 heterocycles. The normalized spacial score (nSPS) is 18.5. The summed E-state index contributed by atoms with van der Waals surface area (Å²) in [5.74, 6) is -2.48. The lowest BCUT2D eigenvalue weighted by atomic mass is 9.70. The minimum Gasteiger partial charge on any atom is -0.469 e. The lowest BCUT2D eigenvalue weighted by molar-refractivity contribution is -0.151. The van der Waals surface area contributed by atoms with Gasteiger partial charge in [0.1, 0.15) is 10.5 Å². The van der Waals surface area contributed by atoms with Gasteiger partial charge in [0.2, 0.25) is 21.7 Å². The molecular formula is C33H37F3N6O6S. The third-order valence-electron chi connectivity index (χ3n) is 9.51. The fourth-order valence-corrected chi connectivity index (χ4v) is 8.44. The van der Waals surface area contributed by atoms with E-state index in [1.165, 1.54) is 23.7 Å². The van der Waals surface area contributed by atoms with Gasteiger partial charge in [-0.1, -0.05) is 6.07 Å². The van der Waals surface area contributed by atoms with Gasteiger partial charge in [0.25, 0.3) is 0 Å². The van der Waals surface area contributed by atoms with Gasteiger partial charge in [-0.25, -0.2) is 13.4 Å². The van der Waals surface area contributed by atoms with Crippen LogP contribution < -0.4 is 4.74 Å². The summed E-state index contributed by atoms with van der Waals surface area (Å²) in [6.07, 6.45) is 0.577. The number of pyridine rings is 3. The number of fused-ring (bicyclic) bond motifs is 2. The maximum Gasteiger partial charge on any atom is 0.452 e. The first-order valence-corrected chi connectivity index (χ1v) is 17.1. The van der Waals surface area contributed by atoms with Gasteiger partial charge >= 0.3 is 12.1 Å². The summed E-state index contributed by atoms with van der Waals surface area (Å²) < 4.78 is 89.0. The van der Waals surface area contributed by atoms with Crippen LogP contribution in [0.5, 0.6) is 5.88 Å². The fraction of sp³-hybridized carbons (Fsp3) is 0.485. The largest absolute Gasteiger partial charge is 0.469 e. The maximum absolute atomic E-state index is 14.3. The van der Waals surface area contributed by atoms with Crippen molar-refractivity contribution in [3.05, 3.63) is 76.1 Å². The van der Waals surface area contributed by atoms with Crippen LogP contribution in [-0.4, -0.2) is 75.7 Å². The Morgan fingerprint density at radius 2 is 1.80 bits per heavy atom. The molecule has 0 bridgehead atoms. The molecule has 1 saturated heterocycles. The number of nitrogens with zero attached hydrogens (tertiary/aromatic N) is 6. The second-order valence-electron chi connectivity index (χ2n) is 13.3. The van der Waals surface area contributed by atoms with Crippen LogP contribution in [0, 0.1) is 26.2 Å². The van der Waals surface area contributed by atoms with Crippen molar-refractivity contribution >= 4 is 21.6 Å². The van der Waals surface area contributed by atoms with Crippen LogP contribution in [0.3, 0.4) is 0 Å². The first kappa shape index (κ1) is 34.7. The Balaban J connectivity index is 1.48. The van der Waals surface area contributed by atoms with Crippen molar-refractivity contribution in [1.82, 2.24) is 28.9 Å². The van der Waals surface area contributed by atoms with Crippen LogP contribution in [0.25, 0.3) is 5.65 Å². The highest BCUT2D eigenvalue weighted by molar-refractivity contribution is 7.89. The Kier molecular flexibility index (Phi) is 8.72. The number of aromatic nitrogens is 5. The minimum absolute atomic E-state index is 0.0178. The average Bonchev–Trinajstić information content (AvgIpc) is 3.47. The zero-order chi connectivity index (χ0) is 35.5. The van der Waals surface area contributed by atoms with Gasteiger partial charge in [-0.2, -0.15) is 17.5 Å². The van der Waals surface area contributed by atoms with Crippen molar-refractivity contribution in [2.75, 3.05) is 26.9 Å². The maximum atomic E-state index is 14.3. The molecule has 0 N–H and O–H groups in total. The van der Waals surface area contributed by atoms with Crippen molar-refractivity contribution in [2.24, 2.45) is 5.41 Å². The highest BCUT2D eigenvalue weighted by Gasteiger charge is 2.46. The van der Waals surface area contributed by atoms with Crippen LogP contribution in [0.2, 0.25) is 0 Å². The van der Waals surface area contributed by atoms with Crippen LogP contribution >= 0.6 is 0 Å². The van der Waals surface area contributed by atoms with Gasteiger partial charge < -0.3 is 14.2 Å². The summed E-state index contributed by atoms with van der Waals surface area (Å²) in [6.45, 7) is 9.25. The summed E-state index contributed by atoms with van der Waals surface area (Å²) in [5, 5.41) is 7.21. The first-order valence-electron chi connectivity index (χ1n) is 15.7. The number of carbonyl (C=O) groups excluding carboxylic acids is 1. The summed E-state index contributed by atoms with van der Waals surface area (Å²) in [6, 6.07) is 4.85. The number of hydrogen-bond acceptors (Lipinski definition) is 10. The molecule has 0 amide bonds. The van der Waals surface area contributed by atoms with Crippen LogP contribution in [0.1, 0.15) is 71.9 Å². The molecule has 1 fully saturated rings. The van der Waals surface area contributed by atoms with Crippen LogP contribution in [0.4, 0.5) is 13.2 Å². The lowest BCUT2D eigenvalue weighted by Crippen LogP contribution is -2.50. The lowest BCUT2D eigenvalue weighted by Gasteiger charge is -2.38. The highest BCUT2D eigenvalue weighted by atomic mass is 32.2. The molecule has 12 nitrogen and oxygen atoms in total. The number of halogens is 3. The highest BCUT2D eigenvalue weighted by Crippen LogP contribution is 2.45. The zero-order valence-corrected chi connectivity index (χ0v) is 28.8. The monoisotopic (exact) mass is 702 g/mol. The van der Waals surface area contributed by atoms with Crippen LogP contribution in [0.15, 0.2) is 41.7 Å². The Bertz CT molecular complexity index is 2040. The Labute approximate surface area is 281 Å².